The zero-order valence-electron chi connectivity index (χ0n) is 13.0. The topological polar surface area (TPSA) is 63.8 Å². The number of nitrogens with one attached hydrogen (secondary N) is 1. The van der Waals surface area contributed by atoms with E-state index in [4.69, 9.17) is 9.15 Å². The van der Waals surface area contributed by atoms with Gasteiger partial charge in [0.1, 0.15) is 17.3 Å². The average Bonchev–Trinajstić information content (AvgIpc) is 2.91. The molecule has 0 spiro atoms. The smallest absolute Gasteiger partial charge is 0.277 e. The minimum absolute atomic E-state index is 0.0878. The van der Waals surface area contributed by atoms with Crippen LogP contribution in [-0.2, 0) is 4.79 Å². The summed E-state index contributed by atoms with van der Waals surface area (Å²) in [5.41, 5.74) is 3.62. The van der Waals surface area contributed by atoms with Crippen molar-refractivity contribution < 1.29 is 13.9 Å². The first kappa shape index (κ1) is 15.8. The summed E-state index contributed by atoms with van der Waals surface area (Å²) in [4.78, 5) is 11.6. The molecule has 5 heteroatoms. The van der Waals surface area contributed by atoms with Gasteiger partial charge in [0, 0.05) is 0 Å². The molecule has 0 aliphatic heterocycles. The predicted molar refractivity (Wildman–Crippen MR) is 85.2 cm³/mol. The van der Waals surface area contributed by atoms with E-state index in [2.05, 4.69) is 24.4 Å². The summed E-state index contributed by atoms with van der Waals surface area (Å²) in [5, 5.41) is 3.81. The number of carbonyl (C=O) groups is 1. The lowest BCUT2D eigenvalue weighted by Crippen LogP contribution is -2.24. The first-order valence-electron chi connectivity index (χ1n) is 7.15. The van der Waals surface area contributed by atoms with E-state index < -0.39 is 0 Å². The minimum Gasteiger partial charge on any atom is -0.484 e. The van der Waals surface area contributed by atoms with Crippen molar-refractivity contribution in [2.24, 2.45) is 5.10 Å². The molecule has 1 aromatic heterocycles. The zero-order valence-corrected chi connectivity index (χ0v) is 13.0. The van der Waals surface area contributed by atoms with Gasteiger partial charge in [0.2, 0.25) is 0 Å². The standard InChI is InChI=1S/C17H20N2O3/c1-12(2)14-5-8-15(9-6-14)21-11-17(20)19-18-10-16-7-4-13(3)22-16/h4-10,12H,11H2,1-3H3,(H,19,20). The maximum absolute atomic E-state index is 11.6. The Kier molecular flexibility index (Phi) is 5.36. The van der Waals surface area contributed by atoms with Crippen LogP contribution >= 0.6 is 0 Å². The lowest BCUT2D eigenvalue weighted by Gasteiger charge is -2.08. The van der Waals surface area contributed by atoms with Gasteiger partial charge in [-0.15, -0.1) is 0 Å². The van der Waals surface area contributed by atoms with Crippen LogP contribution in [0.3, 0.4) is 0 Å². The summed E-state index contributed by atoms with van der Waals surface area (Å²) in [6, 6.07) is 11.3. The Morgan fingerprint density at radius 1 is 1.27 bits per heavy atom. The monoisotopic (exact) mass is 300 g/mol. The Labute approximate surface area is 130 Å². The highest BCUT2D eigenvalue weighted by Crippen LogP contribution is 2.18. The Morgan fingerprint density at radius 2 is 2.00 bits per heavy atom. The Bertz CT molecular complexity index is 642. The van der Waals surface area contributed by atoms with Crippen LogP contribution in [0.4, 0.5) is 0 Å². The third-order valence-corrected chi connectivity index (χ3v) is 3.06. The largest absolute Gasteiger partial charge is 0.484 e. The van der Waals surface area contributed by atoms with Crippen molar-refractivity contribution in [2.45, 2.75) is 26.7 Å². The molecule has 1 heterocycles. The van der Waals surface area contributed by atoms with Gasteiger partial charge in [-0.25, -0.2) is 5.43 Å². The molecule has 0 atom stereocenters. The quantitative estimate of drug-likeness (QED) is 0.658. The van der Waals surface area contributed by atoms with Crippen molar-refractivity contribution in [3.63, 3.8) is 0 Å². The van der Waals surface area contributed by atoms with E-state index in [1.165, 1.54) is 11.8 Å². The molecular weight excluding hydrogens is 280 g/mol. The number of carbonyl (C=O) groups excluding carboxylic acids is 1. The maximum atomic E-state index is 11.6. The first-order valence-corrected chi connectivity index (χ1v) is 7.15. The van der Waals surface area contributed by atoms with Gasteiger partial charge in [-0.3, -0.25) is 4.79 Å². The number of aryl methyl sites for hydroxylation is 1. The van der Waals surface area contributed by atoms with E-state index in [9.17, 15) is 4.79 Å². The number of hydrogen-bond donors (Lipinski definition) is 1. The summed E-state index contributed by atoms with van der Waals surface area (Å²) in [6.07, 6.45) is 1.45. The van der Waals surface area contributed by atoms with Crippen LogP contribution in [0.2, 0.25) is 0 Å². The highest BCUT2D eigenvalue weighted by molar-refractivity contribution is 5.81. The van der Waals surface area contributed by atoms with Gasteiger partial charge in [0.15, 0.2) is 6.61 Å². The van der Waals surface area contributed by atoms with Gasteiger partial charge in [-0.2, -0.15) is 5.10 Å². The van der Waals surface area contributed by atoms with Gasteiger partial charge < -0.3 is 9.15 Å². The summed E-state index contributed by atoms with van der Waals surface area (Å²) in [5.74, 6) is 2.18. The van der Waals surface area contributed by atoms with Gasteiger partial charge in [-0.1, -0.05) is 26.0 Å². The van der Waals surface area contributed by atoms with Crippen molar-refractivity contribution in [1.29, 1.82) is 0 Å². The summed E-state index contributed by atoms with van der Waals surface area (Å²) in [7, 11) is 0. The highest BCUT2D eigenvalue weighted by atomic mass is 16.5. The number of hydrazone groups is 1. The van der Waals surface area contributed by atoms with Crippen LogP contribution in [-0.4, -0.2) is 18.7 Å². The molecule has 0 aliphatic rings. The number of hydrogen-bond acceptors (Lipinski definition) is 4. The van der Waals surface area contributed by atoms with E-state index in [0.29, 0.717) is 17.4 Å². The third-order valence-electron chi connectivity index (χ3n) is 3.06. The van der Waals surface area contributed by atoms with Crippen molar-refractivity contribution in [3.8, 4) is 5.75 Å². The van der Waals surface area contributed by atoms with Gasteiger partial charge in [0.05, 0.1) is 6.21 Å². The van der Waals surface area contributed by atoms with Crippen molar-refractivity contribution in [3.05, 3.63) is 53.5 Å². The molecule has 0 unspecified atom stereocenters. The minimum atomic E-state index is -0.326. The molecular formula is C17H20N2O3. The number of furan rings is 1. The van der Waals surface area contributed by atoms with Crippen LogP contribution in [0.15, 0.2) is 45.9 Å². The molecule has 0 saturated heterocycles. The maximum Gasteiger partial charge on any atom is 0.277 e. The summed E-state index contributed by atoms with van der Waals surface area (Å²) in [6.45, 7) is 6.01. The van der Waals surface area contributed by atoms with Gasteiger partial charge in [0.25, 0.3) is 5.91 Å². The molecule has 1 N–H and O–H groups in total. The van der Waals surface area contributed by atoms with Crippen LogP contribution < -0.4 is 10.2 Å². The average molecular weight is 300 g/mol. The molecule has 116 valence electrons. The van der Waals surface area contributed by atoms with E-state index in [0.717, 1.165) is 5.76 Å². The molecule has 0 aliphatic carbocycles. The highest BCUT2D eigenvalue weighted by Gasteiger charge is 2.03. The molecule has 0 bridgehead atoms. The molecule has 2 rings (SSSR count). The lowest BCUT2D eigenvalue weighted by atomic mass is 10.0. The van der Waals surface area contributed by atoms with Crippen LogP contribution in [0.5, 0.6) is 5.75 Å². The number of rotatable bonds is 6. The van der Waals surface area contributed by atoms with Crippen molar-refractivity contribution >= 4 is 12.1 Å². The molecule has 1 aromatic carbocycles. The first-order chi connectivity index (χ1) is 10.5. The SMILES string of the molecule is Cc1ccc(C=NNC(=O)COc2ccc(C(C)C)cc2)o1. The number of benzene rings is 1. The normalized spacial score (nSPS) is 11.1. The fraction of sp³-hybridized carbons (Fsp3) is 0.294. The zero-order chi connectivity index (χ0) is 15.9. The summed E-state index contributed by atoms with van der Waals surface area (Å²) < 4.78 is 10.7. The molecule has 1 amide bonds. The van der Waals surface area contributed by atoms with Crippen LogP contribution in [0, 0.1) is 6.92 Å². The number of nitrogens with zero attached hydrogens (tertiary/aromatic N) is 1. The lowest BCUT2D eigenvalue weighted by molar-refractivity contribution is -0.123. The number of amides is 1. The number of ether oxygens (including phenoxy) is 1. The molecule has 5 nitrogen and oxygen atoms in total. The second-order valence-corrected chi connectivity index (χ2v) is 5.25. The van der Waals surface area contributed by atoms with Gasteiger partial charge >= 0.3 is 0 Å². The van der Waals surface area contributed by atoms with E-state index in [1.54, 1.807) is 6.07 Å². The fourth-order valence-corrected chi connectivity index (χ4v) is 1.82. The fourth-order valence-electron chi connectivity index (χ4n) is 1.82. The van der Waals surface area contributed by atoms with Gasteiger partial charge in [-0.05, 0) is 42.7 Å². The molecule has 2 aromatic rings. The van der Waals surface area contributed by atoms with Crippen molar-refractivity contribution in [1.82, 2.24) is 5.43 Å². The van der Waals surface area contributed by atoms with E-state index >= 15 is 0 Å². The van der Waals surface area contributed by atoms with Crippen LogP contribution in [0.1, 0.15) is 36.8 Å². The van der Waals surface area contributed by atoms with E-state index in [1.807, 2.05) is 37.3 Å². The summed E-state index contributed by atoms with van der Waals surface area (Å²) >= 11 is 0. The Hall–Kier alpha value is -2.56. The molecule has 22 heavy (non-hydrogen) atoms. The Balaban J connectivity index is 1.76. The van der Waals surface area contributed by atoms with Crippen LogP contribution in [0.25, 0.3) is 0 Å². The molecule has 0 fully saturated rings. The third kappa shape index (κ3) is 4.77. The van der Waals surface area contributed by atoms with Crippen molar-refractivity contribution in [2.75, 3.05) is 6.61 Å². The molecule has 0 saturated carbocycles. The second kappa shape index (κ2) is 7.45. The predicted octanol–water partition coefficient (Wildman–Crippen LogP) is 3.24. The van der Waals surface area contributed by atoms with E-state index in [-0.39, 0.29) is 12.5 Å². The Morgan fingerprint density at radius 3 is 2.59 bits per heavy atom. The second-order valence-electron chi connectivity index (χ2n) is 5.25. The molecule has 0 radical (unpaired) electrons.